The molecule has 2 rings (SSSR count). The van der Waals surface area contributed by atoms with Gasteiger partial charge in [0.1, 0.15) is 5.82 Å². The Kier molecular flexibility index (Phi) is 6.11. The quantitative estimate of drug-likeness (QED) is 0.645. The molecule has 130 valence electrons. The van der Waals surface area contributed by atoms with E-state index in [1.807, 2.05) is 0 Å². The molecule has 2 amide bonds. The monoisotopic (exact) mass is 344 g/mol. The molecule has 0 unspecified atom stereocenters. The number of carbonyl (C=O) groups is 2. The van der Waals surface area contributed by atoms with Gasteiger partial charge in [-0.3, -0.25) is 20.4 Å². The van der Waals surface area contributed by atoms with Crippen LogP contribution in [-0.2, 0) is 4.79 Å². The van der Waals surface area contributed by atoms with Crippen LogP contribution in [0.5, 0.6) is 11.5 Å². The third kappa shape index (κ3) is 5.07. The van der Waals surface area contributed by atoms with Crippen LogP contribution < -0.4 is 20.3 Å². The molecule has 0 saturated heterocycles. The van der Waals surface area contributed by atoms with E-state index in [0.29, 0.717) is 11.5 Å². The van der Waals surface area contributed by atoms with Crippen molar-refractivity contribution in [2.75, 3.05) is 14.2 Å². The van der Waals surface area contributed by atoms with Crippen molar-refractivity contribution >= 4 is 17.9 Å². The highest BCUT2D eigenvalue weighted by atomic mass is 19.1. The summed E-state index contributed by atoms with van der Waals surface area (Å²) < 4.78 is 23.1. The Labute approximate surface area is 144 Å². The molecule has 2 aromatic carbocycles. The fourth-order valence-electron chi connectivity index (χ4n) is 1.96. The van der Waals surface area contributed by atoms with Crippen molar-refractivity contribution < 1.29 is 23.5 Å². The number of carbonyl (C=O) groups excluding carboxylic acids is 2. The third-order valence-corrected chi connectivity index (χ3v) is 3.24. The zero-order valence-electron chi connectivity index (χ0n) is 13.7. The topological polar surface area (TPSA) is 76.7 Å². The van der Waals surface area contributed by atoms with Gasteiger partial charge >= 0.3 is 0 Å². The molecular weight excluding hydrogens is 327 g/mol. The van der Waals surface area contributed by atoms with E-state index in [0.717, 1.165) is 17.7 Å². The van der Waals surface area contributed by atoms with Crippen molar-refractivity contribution in [2.45, 2.75) is 0 Å². The van der Waals surface area contributed by atoms with Gasteiger partial charge in [-0.15, -0.1) is 0 Å². The molecule has 0 aliphatic heterocycles. The number of rotatable bonds is 5. The van der Waals surface area contributed by atoms with Gasteiger partial charge < -0.3 is 9.47 Å². The minimum absolute atomic E-state index is 0.227. The molecular formula is C18H17FN2O4. The van der Waals surface area contributed by atoms with E-state index in [-0.39, 0.29) is 5.56 Å². The smallest absolute Gasteiger partial charge is 0.269 e. The summed E-state index contributed by atoms with van der Waals surface area (Å²) in [5.41, 5.74) is 5.43. The molecule has 7 heteroatoms. The standard InChI is InChI=1S/C18H17FN2O4/c1-24-15-9-3-12(11-16(15)25-2)4-10-17(22)20-21-18(23)13-5-7-14(19)8-6-13/h3-11H,1-2H3,(H,20,22)(H,21,23)/b10-4+. The van der Waals surface area contributed by atoms with Gasteiger partial charge in [-0.05, 0) is 48.0 Å². The highest BCUT2D eigenvalue weighted by Gasteiger charge is 2.06. The summed E-state index contributed by atoms with van der Waals surface area (Å²) >= 11 is 0. The maximum atomic E-state index is 12.8. The van der Waals surface area contributed by atoms with Gasteiger partial charge in [0, 0.05) is 11.6 Å². The van der Waals surface area contributed by atoms with Crippen molar-refractivity contribution in [1.82, 2.24) is 10.9 Å². The number of hydrazine groups is 1. The lowest BCUT2D eigenvalue weighted by molar-refractivity contribution is -0.117. The summed E-state index contributed by atoms with van der Waals surface area (Å²) in [5, 5.41) is 0. The molecule has 0 spiro atoms. The van der Waals surface area contributed by atoms with Gasteiger partial charge in [0.05, 0.1) is 14.2 Å². The second-order valence-electron chi connectivity index (χ2n) is 4.90. The molecule has 2 aromatic rings. The molecule has 0 saturated carbocycles. The van der Waals surface area contributed by atoms with Gasteiger partial charge in [-0.2, -0.15) is 0 Å². The van der Waals surface area contributed by atoms with E-state index in [2.05, 4.69) is 10.9 Å². The molecule has 0 radical (unpaired) electrons. The first-order valence-electron chi connectivity index (χ1n) is 7.29. The summed E-state index contributed by atoms with van der Waals surface area (Å²) in [4.78, 5) is 23.5. The van der Waals surface area contributed by atoms with Crippen LogP contribution >= 0.6 is 0 Å². The molecule has 0 aliphatic rings. The van der Waals surface area contributed by atoms with E-state index in [1.165, 1.54) is 32.4 Å². The second kappa shape index (κ2) is 8.49. The van der Waals surface area contributed by atoms with E-state index in [4.69, 9.17) is 9.47 Å². The highest BCUT2D eigenvalue weighted by molar-refractivity contribution is 5.97. The Morgan fingerprint density at radius 2 is 1.64 bits per heavy atom. The van der Waals surface area contributed by atoms with E-state index < -0.39 is 17.6 Å². The lowest BCUT2D eigenvalue weighted by Crippen LogP contribution is -2.40. The van der Waals surface area contributed by atoms with E-state index in [1.54, 1.807) is 24.3 Å². The number of benzene rings is 2. The van der Waals surface area contributed by atoms with Crippen LogP contribution in [0.4, 0.5) is 4.39 Å². The summed E-state index contributed by atoms with van der Waals surface area (Å²) in [6, 6.07) is 10.1. The second-order valence-corrected chi connectivity index (χ2v) is 4.90. The van der Waals surface area contributed by atoms with E-state index in [9.17, 15) is 14.0 Å². The summed E-state index contributed by atoms with van der Waals surface area (Å²) in [7, 11) is 3.05. The molecule has 0 atom stereocenters. The minimum atomic E-state index is -0.548. The first kappa shape index (κ1) is 18.0. The lowest BCUT2D eigenvalue weighted by Gasteiger charge is -2.07. The number of hydrogen-bond acceptors (Lipinski definition) is 4. The van der Waals surface area contributed by atoms with E-state index >= 15 is 0 Å². The number of hydrogen-bond donors (Lipinski definition) is 2. The van der Waals surface area contributed by atoms with Crippen LogP contribution in [0.3, 0.4) is 0 Å². The van der Waals surface area contributed by atoms with Crippen LogP contribution in [0.25, 0.3) is 6.08 Å². The first-order valence-corrected chi connectivity index (χ1v) is 7.29. The highest BCUT2D eigenvalue weighted by Crippen LogP contribution is 2.27. The summed E-state index contributed by atoms with van der Waals surface area (Å²) in [6.07, 6.45) is 2.81. The lowest BCUT2D eigenvalue weighted by atomic mass is 10.2. The van der Waals surface area contributed by atoms with Crippen LogP contribution in [-0.4, -0.2) is 26.0 Å². The number of amides is 2. The maximum absolute atomic E-state index is 12.8. The molecule has 0 bridgehead atoms. The molecule has 6 nitrogen and oxygen atoms in total. The molecule has 0 fully saturated rings. The molecule has 0 heterocycles. The Balaban J connectivity index is 1.92. The summed E-state index contributed by atoms with van der Waals surface area (Å²) in [5.74, 6) is -0.401. The van der Waals surface area contributed by atoms with Gasteiger partial charge in [-0.1, -0.05) is 6.07 Å². The van der Waals surface area contributed by atoms with Crippen molar-refractivity contribution in [3.8, 4) is 11.5 Å². The zero-order valence-corrected chi connectivity index (χ0v) is 13.7. The molecule has 0 aliphatic carbocycles. The van der Waals surface area contributed by atoms with Gasteiger partial charge in [0.15, 0.2) is 11.5 Å². The Bertz CT molecular complexity index is 788. The van der Waals surface area contributed by atoms with Crippen molar-refractivity contribution in [3.05, 3.63) is 65.5 Å². The number of ether oxygens (including phenoxy) is 2. The molecule has 2 N–H and O–H groups in total. The molecule has 25 heavy (non-hydrogen) atoms. The SMILES string of the molecule is COc1ccc(/C=C/C(=O)NNC(=O)c2ccc(F)cc2)cc1OC. The van der Waals surface area contributed by atoms with Crippen LogP contribution in [0.15, 0.2) is 48.5 Å². The predicted octanol–water partition coefficient (Wildman–Crippen LogP) is 2.32. The number of methoxy groups -OCH3 is 2. The van der Waals surface area contributed by atoms with Crippen LogP contribution in [0, 0.1) is 5.82 Å². The normalized spacial score (nSPS) is 10.4. The van der Waals surface area contributed by atoms with Crippen molar-refractivity contribution in [2.24, 2.45) is 0 Å². The zero-order chi connectivity index (χ0) is 18.2. The predicted molar refractivity (Wildman–Crippen MR) is 90.6 cm³/mol. The van der Waals surface area contributed by atoms with Crippen molar-refractivity contribution in [3.63, 3.8) is 0 Å². The Morgan fingerprint density at radius 3 is 2.28 bits per heavy atom. The summed E-state index contributed by atoms with van der Waals surface area (Å²) in [6.45, 7) is 0. The van der Waals surface area contributed by atoms with Gasteiger partial charge in [0.25, 0.3) is 11.8 Å². The van der Waals surface area contributed by atoms with Gasteiger partial charge in [0.2, 0.25) is 0 Å². The van der Waals surface area contributed by atoms with Gasteiger partial charge in [-0.25, -0.2) is 4.39 Å². The Morgan fingerprint density at radius 1 is 0.960 bits per heavy atom. The third-order valence-electron chi connectivity index (χ3n) is 3.24. The maximum Gasteiger partial charge on any atom is 0.269 e. The van der Waals surface area contributed by atoms with Crippen LogP contribution in [0.1, 0.15) is 15.9 Å². The number of halogens is 1. The average molecular weight is 344 g/mol. The number of nitrogens with one attached hydrogen (secondary N) is 2. The van der Waals surface area contributed by atoms with Crippen molar-refractivity contribution in [1.29, 1.82) is 0 Å². The fourth-order valence-corrected chi connectivity index (χ4v) is 1.96. The first-order chi connectivity index (χ1) is 12.0. The average Bonchev–Trinajstić information content (AvgIpc) is 2.64. The Hall–Kier alpha value is -3.35. The fraction of sp³-hybridized carbons (Fsp3) is 0.111. The largest absolute Gasteiger partial charge is 0.493 e. The molecule has 0 aromatic heterocycles. The van der Waals surface area contributed by atoms with Crippen LogP contribution in [0.2, 0.25) is 0 Å². The minimum Gasteiger partial charge on any atom is -0.493 e.